The van der Waals surface area contributed by atoms with Crippen LogP contribution in [0.5, 0.6) is 5.75 Å². The van der Waals surface area contributed by atoms with E-state index in [1.807, 2.05) is 66.7 Å². The minimum absolute atomic E-state index is 0.0782. The van der Waals surface area contributed by atoms with E-state index in [1.54, 1.807) is 23.8 Å². The Morgan fingerprint density at radius 2 is 1.72 bits per heavy atom. The summed E-state index contributed by atoms with van der Waals surface area (Å²) < 4.78 is 5.19. The normalized spacial score (nSPS) is 13.5. The second kappa shape index (κ2) is 10.4. The van der Waals surface area contributed by atoms with Crippen molar-refractivity contribution in [1.82, 2.24) is 10.2 Å². The van der Waals surface area contributed by atoms with E-state index in [1.165, 1.54) is 5.56 Å². The summed E-state index contributed by atoms with van der Waals surface area (Å²) in [5, 5.41) is 3.02. The molecule has 0 radical (unpaired) electrons. The van der Waals surface area contributed by atoms with Crippen LogP contribution in [0.2, 0.25) is 0 Å². The molecule has 3 aromatic carbocycles. The number of carbonyl (C=O) groups is 2. The lowest BCUT2D eigenvalue weighted by atomic mass is 10.1. The summed E-state index contributed by atoms with van der Waals surface area (Å²) in [5.41, 5.74) is 3.84. The molecule has 6 heteroatoms. The van der Waals surface area contributed by atoms with Gasteiger partial charge in [0.1, 0.15) is 11.8 Å². The fraction of sp³-hybridized carbons (Fsp3) is 0.231. The van der Waals surface area contributed by atoms with Gasteiger partial charge >= 0.3 is 0 Å². The van der Waals surface area contributed by atoms with Crippen molar-refractivity contribution < 1.29 is 14.3 Å². The van der Waals surface area contributed by atoms with Gasteiger partial charge in [-0.3, -0.25) is 9.59 Å². The third-order valence-corrected chi connectivity index (χ3v) is 6.63. The molecule has 1 heterocycles. The number of carbonyl (C=O) groups excluding carboxylic acids is 2. The average molecular weight is 447 g/mol. The highest BCUT2D eigenvalue weighted by Gasteiger charge is 2.36. The highest BCUT2D eigenvalue weighted by molar-refractivity contribution is 7.98. The second-order valence-corrected chi connectivity index (χ2v) is 8.70. The lowest BCUT2D eigenvalue weighted by molar-refractivity contribution is -0.125. The SMILES string of the molecule is COc1ccc(CNC(=O)C(CSCc2ccccc2)N2Cc3ccccc3C2=O)cc1. The number of amides is 2. The minimum Gasteiger partial charge on any atom is -0.497 e. The molecule has 32 heavy (non-hydrogen) atoms. The van der Waals surface area contributed by atoms with Crippen LogP contribution in [-0.4, -0.2) is 35.6 Å². The van der Waals surface area contributed by atoms with Crippen molar-refractivity contribution in [1.29, 1.82) is 0 Å². The van der Waals surface area contributed by atoms with Gasteiger partial charge < -0.3 is 15.0 Å². The molecule has 4 rings (SSSR count). The van der Waals surface area contributed by atoms with Gasteiger partial charge in [-0.1, -0.05) is 60.7 Å². The molecule has 1 unspecified atom stereocenters. The number of hydrogen-bond acceptors (Lipinski definition) is 4. The van der Waals surface area contributed by atoms with Gasteiger partial charge in [0.25, 0.3) is 5.91 Å². The van der Waals surface area contributed by atoms with Crippen LogP contribution >= 0.6 is 11.8 Å². The number of benzene rings is 3. The largest absolute Gasteiger partial charge is 0.497 e. The molecule has 0 bridgehead atoms. The molecule has 0 aromatic heterocycles. The predicted octanol–water partition coefficient (Wildman–Crippen LogP) is 4.27. The van der Waals surface area contributed by atoms with E-state index in [4.69, 9.17) is 4.74 Å². The van der Waals surface area contributed by atoms with E-state index in [0.717, 1.165) is 22.6 Å². The quantitative estimate of drug-likeness (QED) is 0.533. The number of rotatable bonds is 9. The highest BCUT2D eigenvalue weighted by atomic mass is 32.2. The van der Waals surface area contributed by atoms with Crippen LogP contribution in [0.15, 0.2) is 78.9 Å². The van der Waals surface area contributed by atoms with Gasteiger partial charge in [-0.2, -0.15) is 11.8 Å². The Kier molecular flexibility index (Phi) is 7.12. The number of nitrogens with zero attached hydrogens (tertiary/aromatic N) is 1. The molecule has 0 aliphatic carbocycles. The Bertz CT molecular complexity index is 1070. The number of fused-ring (bicyclic) bond motifs is 1. The molecule has 0 spiro atoms. The maximum Gasteiger partial charge on any atom is 0.255 e. The summed E-state index contributed by atoms with van der Waals surface area (Å²) in [6, 6.07) is 24.8. The summed E-state index contributed by atoms with van der Waals surface area (Å²) in [7, 11) is 1.62. The van der Waals surface area contributed by atoms with Crippen LogP contribution in [0.3, 0.4) is 0 Å². The van der Waals surface area contributed by atoms with Crippen molar-refractivity contribution >= 4 is 23.6 Å². The number of ether oxygens (including phenoxy) is 1. The number of nitrogens with one attached hydrogen (secondary N) is 1. The van der Waals surface area contributed by atoms with Crippen LogP contribution in [-0.2, 0) is 23.6 Å². The van der Waals surface area contributed by atoms with E-state index in [0.29, 0.717) is 24.4 Å². The molecular formula is C26H26N2O3S. The first kappa shape index (κ1) is 22.0. The van der Waals surface area contributed by atoms with E-state index in [2.05, 4.69) is 17.4 Å². The molecular weight excluding hydrogens is 420 g/mol. The van der Waals surface area contributed by atoms with Gasteiger partial charge in [-0.15, -0.1) is 0 Å². The third kappa shape index (κ3) is 5.14. The second-order valence-electron chi connectivity index (χ2n) is 7.67. The third-order valence-electron chi connectivity index (χ3n) is 5.54. The van der Waals surface area contributed by atoms with Crippen LogP contribution in [0.25, 0.3) is 0 Å². The Morgan fingerprint density at radius 3 is 2.44 bits per heavy atom. The van der Waals surface area contributed by atoms with Crippen molar-refractivity contribution in [3.05, 3.63) is 101 Å². The van der Waals surface area contributed by atoms with Crippen molar-refractivity contribution in [3.63, 3.8) is 0 Å². The monoisotopic (exact) mass is 446 g/mol. The maximum absolute atomic E-state index is 13.2. The van der Waals surface area contributed by atoms with E-state index in [9.17, 15) is 9.59 Å². The standard InChI is InChI=1S/C26H26N2O3S/c1-31-22-13-11-19(12-14-22)15-27-25(29)24(18-32-17-20-7-3-2-4-8-20)28-16-21-9-5-6-10-23(21)26(28)30/h2-14,24H,15-18H2,1H3,(H,27,29). The first-order valence-corrected chi connectivity index (χ1v) is 11.7. The Morgan fingerprint density at radius 1 is 1.00 bits per heavy atom. The molecule has 0 saturated carbocycles. The van der Waals surface area contributed by atoms with Gasteiger partial charge in [0.05, 0.1) is 7.11 Å². The summed E-state index contributed by atoms with van der Waals surface area (Å²) in [6.07, 6.45) is 0. The van der Waals surface area contributed by atoms with Crippen molar-refractivity contribution in [3.8, 4) is 5.75 Å². The molecule has 5 nitrogen and oxygen atoms in total. The summed E-state index contributed by atoms with van der Waals surface area (Å²) in [5.74, 6) is 1.88. The van der Waals surface area contributed by atoms with Crippen LogP contribution < -0.4 is 10.1 Å². The Labute approximate surface area is 192 Å². The predicted molar refractivity (Wildman–Crippen MR) is 128 cm³/mol. The Balaban J connectivity index is 1.45. The lowest BCUT2D eigenvalue weighted by Crippen LogP contribution is -2.48. The van der Waals surface area contributed by atoms with Crippen LogP contribution in [0.1, 0.15) is 27.0 Å². The molecule has 1 N–H and O–H groups in total. The molecule has 0 fully saturated rings. The molecule has 2 amide bonds. The average Bonchev–Trinajstić information content (AvgIpc) is 3.17. The van der Waals surface area contributed by atoms with Crippen LogP contribution in [0.4, 0.5) is 0 Å². The van der Waals surface area contributed by atoms with Gasteiger partial charge in [-0.05, 0) is 34.9 Å². The molecule has 3 aromatic rings. The minimum atomic E-state index is -0.540. The molecule has 1 aliphatic rings. The van der Waals surface area contributed by atoms with Crippen molar-refractivity contribution in [2.24, 2.45) is 0 Å². The number of hydrogen-bond donors (Lipinski definition) is 1. The van der Waals surface area contributed by atoms with Crippen molar-refractivity contribution in [2.45, 2.75) is 24.9 Å². The first-order chi connectivity index (χ1) is 15.7. The molecule has 1 aliphatic heterocycles. The first-order valence-electron chi connectivity index (χ1n) is 10.6. The zero-order chi connectivity index (χ0) is 22.3. The fourth-order valence-electron chi connectivity index (χ4n) is 3.75. The summed E-state index contributed by atoms with van der Waals surface area (Å²) >= 11 is 1.67. The zero-order valence-electron chi connectivity index (χ0n) is 18.0. The van der Waals surface area contributed by atoms with Gasteiger partial charge in [0.15, 0.2) is 0 Å². The van der Waals surface area contributed by atoms with Gasteiger partial charge in [0, 0.05) is 30.2 Å². The van der Waals surface area contributed by atoms with E-state index >= 15 is 0 Å². The van der Waals surface area contributed by atoms with Crippen molar-refractivity contribution in [2.75, 3.05) is 12.9 Å². The fourth-order valence-corrected chi connectivity index (χ4v) is 4.85. The van der Waals surface area contributed by atoms with E-state index < -0.39 is 6.04 Å². The Hall–Kier alpha value is -3.25. The topological polar surface area (TPSA) is 58.6 Å². The summed E-state index contributed by atoms with van der Waals surface area (Å²) in [4.78, 5) is 28.0. The maximum atomic E-state index is 13.2. The van der Waals surface area contributed by atoms with Gasteiger partial charge in [0.2, 0.25) is 5.91 Å². The molecule has 1 atom stereocenters. The smallest absolute Gasteiger partial charge is 0.255 e. The van der Waals surface area contributed by atoms with Crippen LogP contribution in [0, 0.1) is 0 Å². The zero-order valence-corrected chi connectivity index (χ0v) is 18.8. The molecule has 164 valence electrons. The number of thioether (sulfide) groups is 1. The molecule has 0 saturated heterocycles. The summed E-state index contributed by atoms with van der Waals surface area (Å²) in [6.45, 7) is 0.860. The highest BCUT2D eigenvalue weighted by Crippen LogP contribution is 2.26. The number of methoxy groups -OCH3 is 1. The van der Waals surface area contributed by atoms with Gasteiger partial charge in [-0.25, -0.2) is 0 Å². The lowest BCUT2D eigenvalue weighted by Gasteiger charge is -2.27. The van der Waals surface area contributed by atoms with E-state index in [-0.39, 0.29) is 11.8 Å².